The summed E-state index contributed by atoms with van der Waals surface area (Å²) in [4.78, 5) is 33.5. The van der Waals surface area contributed by atoms with E-state index in [1.165, 1.54) is 23.3 Å². The Balaban J connectivity index is 1.53. The van der Waals surface area contributed by atoms with Gasteiger partial charge in [-0.25, -0.2) is 4.98 Å². The SMILES string of the molecule is CCOc1ccc2nc(N3C(=O)C(=O)/C(=C(\O)c4ccc5c(c4)CC(C)O5)C3c3ccc(OCC)c(OC)c3)sc2c1. The molecule has 1 fully saturated rings. The van der Waals surface area contributed by atoms with E-state index >= 15 is 0 Å². The van der Waals surface area contributed by atoms with Gasteiger partial charge in [0.1, 0.15) is 23.4 Å². The van der Waals surface area contributed by atoms with Crippen LogP contribution in [-0.4, -0.2) is 48.2 Å². The van der Waals surface area contributed by atoms with Crippen molar-refractivity contribution >= 4 is 44.1 Å². The predicted molar refractivity (Wildman–Crippen MR) is 160 cm³/mol. The highest BCUT2D eigenvalue weighted by Crippen LogP contribution is 2.46. The van der Waals surface area contributed by atoms with Crippen LogP contribution in [0.4, 0.5) is 5.13 Å². The fourth-order valence-corrected chi connectivity index (χ4v) is 6.47. The molecule has 2 unspecified atom stereocenters. The molecule has 6 rings (SSSR count). The number of anilines is 1. The molecule has 9 nitrogen and oxygen atoms in total. The first-order valence-corrected chi connectivity index (χ1v) is 14.6. The Morgan fingerprint density at radius 1 is 1.05 bits per heavy atom. The fourth-order valence-electron chi connectivity index (χ4n) is 5.45. The van der Waals surface area contributed by atoms with Crippen molar-refractivity contribution in [2.45, 2.75) is 39.3 Å². The molecule has 3 aromatic carbocycles. The van der Waals surface area contributed by atoms with Crippen molar-refractivity contribution in [1.29, 1.82) is 0 Å². The van der Waals surface area contributed by atoms with E-state index in [-0.39, 0.29) is 17.4 Å². The quantitative estimate of drug-likeness (QED) is 0.151. The number of fused-ring (bicyclic) bond motifs is 2. The van der Waals surface area contributed by atoms with E-state index < -0.39 is 17.7 Å². The first kappa shape index (κ1) is 27.6. The number of ether oxygens (including phenoxy) is 4. The largest absolute Gasteiger partial charge is 0.507 e. The van der Waals surface area contributed by atoms with Gasteiger partial charge < -0.3 is 24.1 Å². The monoisotopic (exact) mass is 586 g/mol. The van der Waals surface area contributed by atoms with Crippen molar-refractivity contribution in [1.82, 2.24) is 4.98 Å². The normalized spacial score (nSPS) is 19.2. The minimum absolute atomic E-state index is 0.0153. The molecule has 216 valence electrons. The van der Waals surface area contributed by atoms with Gasteiger partial charge >= 0.3 is 5.91 Å². The van der Waals surface area contributed by atoms with Crippen LogP contribution in [0.15, 0.2) is 60.2 Å². The lowest BCUT2D eigenvalue weighted by atomic mass is 9.94. The number of benzene rings is 3. The molecule has 0 saturated carbocycles. The molecule has 10 heteroatoms. The van der Waals surface area contributed by atoms with Crippen LogP contribution in [0.1, 0.15) is 43.5 Å². The Kier molecular flexibility index (Phi) is 7.24. The number of thiazole rings is 1. The second-order valence-electron chi connectivity index (χ2n) is 10.0. The van der Waals surface area contributed by atoms with Crippen molar-refractivity contribution in [2.24, 2.45) is 0 Å². The molecular weight excluding hydrogens is 556 g/mol. The second kappa shape index (κ2) is 11.0. The van der Waals surface area contributed by atoms with E-state index in [0.717, 1.165) is 16.0 Å². The van der Waals surface area contributed by atoms with Crippen LogP contribution in [0.5, 0.6) is 23.0 Å². The standard InChI is InChI=1S/C32H30N2O7S/c1-5-39-21-9-10-22-26(16-21)42-32(33-22)34-28(18-7-12-24(40-6-2)25(15-18)38-4)27(30(36)31(34)37)29(35)19-8-11-23-20(14-19)13-17(3)41-23/h7-12,14-17,28,35H,5-6,13H2,1-4H3/b29-27-. The Morgan fingerprint density at radius 2 is 1.86 bits per heavy atom. The van der Waals surface area contributed by atoms with Crippen molar-refractivity contribution < 1.29 is 33.6 Å². The van der Waals surface area contributed by atoms with Gasteiger partial charge in [0.2, 0.25) is 0 Å². The van der Waals surface area contributed by atoms with Gasteiger partial charge in [-0.2, -0.15) is 0 Å². The number of methoxy groups -OCH3 is 1. The molecule has 1 saturated heterocycles. The number of carbonyl (C=O) groups is 2. The summed E-state index contributed by atoms with van der Waals surface area (Å²) in [5, 5.41) is 12.0. The smallest absolute Gasteiger partial charge is 0.301 e. The number of aliphatic hydroxyl groups excluding tert-OH is 1. The lowest BCUT2D eigenvalue weighted by Gasteiger charge is -2.24. The number of aliphatic hydroxyl groups is 1. The first-order chi connectivity index (χ1) is 20.3. The number of rotatable bonds is 8. The summed E-state index contributed by atoms with van der Waals surface area (Å²) >= 11 is 1.27. The zero-order valence-corrected chi connectivity index (χ0v) is 24.5. The molecule has 3 heterocycles. The topological polar surface area (TPSA) is 107 Å². The average Bonchev–Trinajstić information content (AvgIpc) is 3.65. The first-order valence-electron chi connectivity index (χ1n) is 13.8. The molecule has 0 aliphatic carbocycles. The lowest BCUT2D eigenvalue weighted by Crippen LogP contribution is -2.29. The highest BCUT2D eigenvalue weighted by Gasteiger charge is 2.48. The molecule has 0 bridgehead atoms. The number of carbonyl (C=O) groups excluding carboxylic acids is 2. The number of ketones is 1. The molecule has 42 heavy (non-hydrogen) atoms. The molecule has 1 amide bonds. The van der Waals surface area contributed by atoms with Gasteiger partial charge in [-0.05, 0) is 80.4 Å². The van der Waals surface area contributed by atoms with Gasteiger partial charge in [0.25, 0.3) is 5.78 Å². The van der Waals surface area contributed by atoms with Crippen molar-refractivity contribution in [2.75, 3.05) is 25.2 Å². The second-order valence-corrected chi connectivity index (χ2v) is 11.0. The molecule has 2 aliphatic rings. The molecule has 0 radical (unpaired) electrons. The van der Waals surface area contributed by atoms with Crippen LogP contribution in [0.2, 0.25) is 0 Å². The number of nitrogens with zero attached hydrogens (tertiary/aromatic N) is 2. The Bertz CT molecular complexity index is 1740. The number of amides is 1. The summed E-state index contributed by atoms with van der Waals surface area (Å²) < 4.78 is 23.5. The minimum Gasteiger partial charge on any atom is -0.507 e. The molecule has 4 aromatic rings. The highest BCUT2D eigenvalue weighted by molar-refractivity contribution is 7.22. The lowest BCUT2D eigenvalue weighted by molar-refractivity contribution is -0.132. The van der Waals surface area contributed by atoms with Crippen LogP contribution >= 0.6 is 11.3 Å². The number of Topliss-reactive ketones (excluding diaryl/α,β-unsaturated/α-hetero) is 1. The van der Waals surface area contributed by atoms with Gasteiger partial charge in [-0.15, -0.1) is 0 Å². The zero-order valence-electron chi connectivity index (χ0n) is 23.7. The third-order valence-electron chi connectivity index (χ3n) is 7.28. The summed E-state index contributed by atoms with van der Waals surface area (Å²) in [5.74, 6) is 0.543. The molecule has 1 N–H and O–H groups in total. The van der Waals surface area contributed by atoms with Gasteiger partial charge in [0.15, 0.2) is 16.6 Å². The molecular formula is C32H30N2O7S. The van der Waals surface area contributed by atoms with Crippen molar-refractivity contribution in [3.05, 3.63) is 76.9 Å². The van der Waals surface area contributed by atoms with E-state index in [1.54, 1.807) is 30.3 Å². The number of hydrogen-bond donors (Lipinski definition) is 1. The molecule has 0 spiro atoms. The molecule has 2 aliphatic heterocycles. The molecule has 2 atom stereocenters. The van der Waals surface area contributed by atoms with Gasteiger partial charge in [0, 0.05) is 12.0 Å². The summed E-state index contributed by atoms with van der Waals surface area (Å²) in [5.41, 5.74) is 2.54. The zero-order chi connectivity index (χ0) is 29.5. The van der Waals surface area contributed by atoms with Crippen LogP contribution in [0.25, 0.3) is 16.0 Å². The van der Waals surface area contributed by atoms with Crippen LogP contribution in [0, 0.1) is 0 Å². The maximum absolute atomic E-state index is 13.7. The third-order valence-corrected chi connectivity index (χ3v) is 8.30. The number of aromatic nitrogens is 1. The van der Waals surface area contributed by atoms with Gasteiger partial charge in [0.05, 0.1) is 42.2 Å². The van der Waals surface area contributed by atoms with Gasteiger partial charge in [-0.1, -0.05) is 17.4 Å². The minimum atomic E-state index is -0.968. The summed E-state index contributed by atoms with van der Waals surface area (Å²) in [6, 6.07) is 15.0. The Hall–Kier alpha value is -4.57. The van der Waals surface area contributed by atoms with Crippen molar-refractivity contribution in [3.8, 4) is 23.0 Å². The fraction of sp³-hybridized carbons (Fsp3) is 0.281. The van der Waals surface area contributed by atoms with Crippen LogP contribution in [0.3, 0.4) is 0 Å². The highest BCUT2D eigenvalue weighted by atomic mass is 32.1. The Morgan fingerprint density at radius 3 is 2.62 bits per heavy atom. The maximum atomic E-state index is 13.7. The third kappa shape index (κ3) is 4.71. The van der Waals surface area contributed by atoms with E-state index in [9.17, 15) is 14.7 Å². The molecule has 1 aromatic heterocycles. The van der Waals surface area contributed by atoms with E-state index in [4.69, 9.17) is 23.9 Å². The van der Waals surface area contributed by atoms with Gasteiger partial charge in [-0.3, -0.25) is 14.5 Å². The van der Waals surface area contributed by atoms with E-state index in [1.807, 2.05) is 45.0 Å². The summed E-state index contributed by atoms with van der Waals surface area (Å²) in [6.45, 7) is 6.69. The van der Waals surface area contributed by atoms with Crippen LogP contribution < -0.4 is 23.8 Å². The van der Waals surface area contributed by atoms with E-state index in [0.29, 0.717) is 58.7 Å². The van der Waals surface area contributed by atoms with E-state index in [2.05, 4.69) is 0 Å². The average molecular weight is 587 g/mol. The van der Waals surface area contributed by atoms with Crippen LogP contribution in [-0.2, 0) is 16.0 Å². The Labute approximate surface area is 246 Å². The summed E-state index contributed by atoms with van der Waals surface area (Å²) in [7, 11) is 1.52. The van der Waals surface area contributed by atoms with Crippen molar-refractivity contribution in [3.63, 3.8) is 0 Å². The number of hydrogen-bond acceptors (Lipinski definition) is 9. The summed E-state index contributed by atoms with van der Waals surface area (Å²) in [6.07, 6.45) is 0.696. The predicted octanol–water partition coefficient (Wildman–Crippen LogP) is 6.05. The maximum Gasteiger partial charge on any atom is 0.301 e.